The quantitative estimate of drug-likeness (QED) is 0.213. The normalized spacial score (nSPS) is 10.5. The fraction of sp³-hybridized carbons (Fsp3) is 0. The highest BCUT2D eigenvalue weighted by atomic mass is 35.5. The van der Waals surface area contributed by atoms with Crippen molar-refractivity contribution in [3.63, 3.8) is 0 Å². The lowest BCUT2D eigenvalue weighted by molar-refractivity contribution is -0.136. The molecule has 0 radical (unpaired) electrons. The molecule has 146 valence electrons. The predicted octanol–water partition coefficient (Wildman–Crippen LogP) is 3.71. The number of hydrazone groups is 1. The Morgan fingerprint density at radius 1 is 0.966 bits per heavy atom. The first kappa shape index (κ1) is 20.2. The minimum atomic E-state index is -0.954. The summed E-state index contributed by atoms with van der Waals surface area (Å²) in [5.74, 6) is -2.06. The second-order valence-electron chi connectivity index (χ2n) is 5.56. The maximum absolute atomic E-state index is 12.1. The first-order valence-electron chi connectivity index (χ1n) is 8.27. The van der Waals surface area contributed by atoms with Crippen LogP contribution in [-0.2, 0) is 9.59 Å². The molecule has 0 fully saturated rings. The lowest BCUT2D eigenvalue weighted by atomic mass is 10.2. The zero-order valence-electron chi connectivity index (χ0n) is 14.8. The minimum absolute atomic E-state index is 0.273. The molecule has 29 heavy (non-hydrogen) atoms. The van der Waals surface area contributed by atoms with E-state index in [1.165, 1.54) is 17.6 Å². The van der Waals surface area contributed by atoms with Crippen molar-refractivity contribution in [3.8, 4) is 5.75 Å². The van der Waals surface area contributed by atoms with Gasteiger partial charge in [-0.2, -0.15) is 5.10 Å². The zero-order valence-corrected chi connectivity index (χ0v) is 16.4. The van der Waals surface area contributed by atoms with Crippen molar-refractivity contribution in [2.75, 3.05) is 5.32 Å². The van der Waals surface area contributed by atoms with Crippen molar-refractivity contribution in [3.05, 3.63) is 81.5 Å². The van der Waals surface area contributed by atoms with Crippen LogP contribution in [0.2, 0.25) is 5.02 Å². The Morgan fingerprint density at radius 3 is 2.45 bits per heavy atom. The van der Waals surface area contributed by atoms with E-state index in [4.69, 9.17) is 16.3 Å². The average Bonchev–Trinajstić information content (AvgIpc) is 3.26. The van der Waals surface area contributed by atoms with Gasteiger partial charge in [0.2, 0.25) is 0 Å². The van der Waals surface area contributed by atoms with Crippen LogP contribution in [0.3, 0.4) is 0 Å². The van der Waals surface area contributed by atoms with E-state index < -0.39 is 17.8 Å². The molecule has 3 aromatic rings. The van der Waals surface area contributed by atoms with Gasteiger partial charge in [-0.25, -0.2) is 10.2 Å². The Morgan fingerprint density at radius 2 is 1.72 bits per heavy atom. The van der Waals surface area contributed by atoms with Crippen molar-refractivity contribution in [2.45, 2.75) is 0 Å². The molecule has 0 aliphatic heterocycles. The topological polar surface area (TPSA) is 96.9 Å². The predicted molar refractivity (Wildman–Crippen MR) is 112 cm³/mol. The number of halogens is 1. The molecular weight excluding hydrogens is 414 g/mol. The molecule has 2 amide bonds. The summed E-state index contributed by atoms with van der Waals surface area (Å²) < 4.78 is 5.36. The maximum Gasteiger partial charge on any atom is 0.353 e. The van der Waals surface area contributed by atoms with Crippen LogP contribution in [0, 0.1) is 0 Å². The van der Waals surface area contributed by atoms with E-state index in [9.17, 15) is 14.4 Å². The van der Waals surface area contributed by atoms with Gasteiger partial charge in [0.25, 0.3) is 0 Å². The largest absolute Gasteiger partial charge is 0.422 e. The van der Waals surface area contributed by atoms with Gasteiger partial charge in [0.05, 0.1) is 6.21 Å². The van der Waals surface area contributed by atoms with Crippen LogP contribution < -0.4 is 15.5 Å². The van der Waals surface area contributed by atoms with E-state index in [1.807, 2.05) is 0 Å². The number of para-hydroxylation sites is 1. The summed E-state index contributed by atoms with van der Waals surface area (Å²) in [5, 5.41) is 8.45. The van der Waals surface area contributed by atoms with E-state index >= 15 is 0 Å². The van der Waals surface area contributed by atoms with Gasteiger partial charge in [0, 0.05) is 16.3 Å². The number of hydrogen-bond donors (Lipinski definition) is 2. The molecular formula is C20H14ClN3O4S. The minimum Gasteiger partial charge on any atom is -0.422 e. The zero-order chi connectivity index (χ0) is 20.6. The van der Waals surface area contributed by atoms with Crippen LogP contribution in [0.5, 0.6) is 5.75 Å². The highest BCUT2D eigenvalue weighted by Crippen LogP contribution is 2.19. The van der Waals surface area contributed by atoms with E-state index in [-0.39, 0.29) is 5.75 Å². The molecule has 0 saturated heterocycles. The van der Waals surface area contributed by atoms with Gasteiger partial charge >= 0.3 is 17.8 Å². The monoisotopic (exact) mass is 427 g/mol. The number of carbonyl (C=O) groups excluding carboxylic acids is 3. The van der Waals surface area contributed by atoms with E-state index in [0.717, 1.165) is 0 Å². The van der Waals surface area contributed by atoms with Crippen molar-refractivity contribution < 1.29 is 19.1 Å². The van der Waals surface area contributed by atoms with Crippen LogP contribution >= 0.6 is 22.9 Å². The van der Waals surface area contributed by atoms with Gasteiger partial charge in [-0.05, 0) is 47.8 Å². The fourth-order valence-corrected chi connectivity index (χ4v) is 2.88. The number of esters is 1. The number of nitrogens with zero attached hydrogens (tertiary/aromatic N) is 1. The molecule has 0 unspecified atom stereocenters. The molecule has 2 N–H and O–H groups in total. The van der Waals surface area contributed by atoms with E-state index in [1.54, 1.807) is 66.0 Å². The van der Waals surface area contributed by atoms with Gasteiger partial charge in [-0.3, -0.25) is 9.59 Å². The van der Waals surface area contributed by atoms with Crippen LogP contribution in [0.4, 0.5) is 5.69 Å². The maximum atomic E-state index is 12.1. The molecule has 0 atom stereocenters. The molecule has 1 heterocycles. The standard InChI is InChI=1S/C20H14ClN3O4S/c21-14-7-9-15(10-8-14)23-18(25)19(26)24-22-12-13-4-1-2-5-16(13)28-20(27)17-6-3-11-29-17/h1-12H,(H,23,25)(H,24,26). The fourth-order valence-electron chi connectivity index (χ4n) is 2.16. The van der Waals surface area contributed by atoms with Gasteiger partial charge in [-0.1, -0.05) is 29.8 Å². The second-order valence-corrected chi connectivity index (χ2v) is 6.95. The summed E-state index contributed by atoms with van der Waals surface area (Å²) in [7, 11) is 0. The van der Waals surface area contributed by atoms with Crippen molar-refractivity contribution >= 4 is 52.6 Å². The Labute approximate surface area is 175 Å². The van der Waals surface area contributed by atoms with Crippen molar-refractivity contribution in [1.29, 1.82) is 0 Å². The number of benzene rings is 2. The highest BCUT2D eigenvalue weighted by molar-refractivity contribution is 7.12. The SMILES string of the molecule is O=C(NN=Cc1ccccc1OC(=O)c1cccs1)C(=O)Nc1ccc(Cl)cc1. The number of rotatable bonds is 5. The summed E-state index contributed by atoms with van der Waals surface area (Å²) in [4.78, 5) is 36.3. The van der Waals surface area contributed by atoms with Crippen LogP contribution in [0.25, 0.3) is 0 Å². The first-order chi connectivity index (χ1) is 14.0. The molecule has 2 aromatic carbocycles. The second kappa shape index (κ2) is 9.63. The molecule has 0 aliphatic carbocycles. The third kappa shape index (κ3) is 5.74. The summed E-state index contributed by atoms with van der Waals surface area (Å²) in [5.41, 5.74) is 3.00. The molecule has 0 aliphatic rings. The smallest absolute Gasteiger partial charge is 0.353 e. The summed E-state index contributed by atoms with van der Waals surface area (Å²) in [6.07, 6.45) is 1.28. The van der Waals surface area contributed by atoms with Gasteiger partial charge in [-0.15, -0.1) is 11.3 Å². The number of thiophene rings is 1. The Balaban J connectivity index is 1.59. The van der Waals surface area contributed by atoms with Crippen LogP contribution in [-0.4, -0.2) is 24.0 Å². The number of nitrogens with one attached hydrogen (secondary N) is 2. The number of ether oxygens (including phenoxy) is 1. The van der Waals surface area contributed by atoms with Crippen molar-refractivity contribution in [2.24, 2.45) is 5.10 Å². The molecule has 1 aromatic heterocycles. The molecule has 3 rings (SSSR count). The third-order valence-electron chi connectivity index (χ3n) is 3.52. The number of anilines is 1. The third-order valence-corrected chi connectivity index (χ3v) is 4.62. The molecule has 7 nitrogen and oxygen atoms in total. The van der Waals surface area contributed by atoms with Gasteiger partial charge in [0.15, 0.2) is 0 Å². The lowest BCUT2D eigenvalue weighted by Crippen LogP contribution is -2.32. The first-order valence-corrected chi connectivity index (χ1v) is 9.53. The highest BCUT2D eigenvalue weighted by Gasteiger charge is 2.14. The van der Waals surface area contributed by atoms with Gasteiger partial charge < -0.3 is 10.1 Å². The molecule has 9 heteroatoms. The molecule has 0 saturated carbocycles. The Kier molecular flexibility index (Phi) is 6.72. The number of hydrogen-bond acceptors (Lipinski definition) is 6. The summed E-state index contributed by atoms with van der Waals surface area (Å²) in [6.45, 7) is 0. The summed E-state index contributed by atoms with van der Waals surface area (Å²) >= 11 is 7.03. The van der Waals surface area contributed by atoms with Crippen LogP contribution in [0.15, 0.2) is 71.1 Å². The molecule has 0 bridgehead atoms. The van der Waals surface area contributed by atoms with E-state index in [2.05, 4.69) is 15.8 Å². The number of amides is 2. The average molecular weight is 428 g/mol. The Bertz CT molecular complexity index is 1050. The van der Waals surface area contributed by atoms with Gasteiger partial charge in [0.1, 0.15) is 10.6 Å². The summed E-state index contributed by atoms with van der Waals surface area (Å²) in [6, 6.07) is 16.4. The van der Waals surface area contributed by atoms with Crippen LogP contribution in [0.1, 0.15) is 15.2 Å². The van der Waals surface area contributed by atoms with Crippen molar-refractivity contribution in [1.82, 2.24) is 5.43 Å². The molecule has 0 spiro atoms. The number of carbonyl (C=O) groups is 3. The van der Waals surface area contributed by atoms with E-state index in [0.29, 0.717) is 21.2 Å². The Hall–Kier alpha value is -3.49. The lowest BCUT2D eigenvalue weighted by Gasteiger charge is -2.06.